The Kier molecular flexibility index (Phi) is 11.9. The van der Waals surface area contributed by atoms with Crippen LogP contribution in [0.5, 0.6) is 0 Å². The van der Waals surface area contributed by atoms with Gasteiger partial charge in [0.25, 0.3) is 0 Å². The van der Waals surface area contributed by atoms with E-state index in [1.807, 2.05) is 6.20 Å². The molecule has 0 saturated heterocycles. The van der Waals surface area contributed by atoms with E-state index in [0.717, 1.165) is 25.7 Å². The van der Waals surface area contributed by atoms with Crippen LogP contribution in [0.15, 0.2) is 60.9 Å². The summed E-state index contributed by atoms with van der Waals surface area (Å²) >= 11 is 4.04. The number of hydrogen-bond acceptors (Lipinski definition) is 2. The molecular formula is C31H42BrN2O2P. The summed E-state index contributed by atoms with van der Waals surface area (Å²) in [4.78, 5) is 10.6. The molecule has 0 bridgehead atoms. The smallest absolute Gasteiger partial charge is 0.303 e. The fourth-order valence-electron chi connectivity index (χ4n) is 4.51. The molecule has 0 saturated carbocycles. The van der Waals surface area contributed by atoms with E-state index in [-0.39, 0.29) is 5.54 Å². The van der Waals surface area contributed by atoms with Crippen molar-refractivity contribution in [2.24, 2.45) is 0 Å². The predicted molar refractivity (Wildman–Crippen MR) is 162 cm³/mol. The summed E-state index contributed by atoms with van der Waals surface area (Å²) in [6.45, 7) is 5.92. The van der Waals surface area contributed by atoms with Gasteiger partial charge >= 0.3 is 5.97 Å². The van der Waals surface area contributed by atoms with Gasteiger partial charge in [-0.25, -0.2) is 0 Å². The average Bonchev–Trinajstić information content (AvgIpc) is 3.38. The third kappa shape index (κ3) is 9.69. The Morgan fingerprint density at radius 1 is 0.919 bits per heavy atom. The first-order valence-electron chi connectivity index (χ1n) is 13.7. The summed E-state index contributed by atoms with van der Waals surface area (Å²) in [7, 11) is 0. The molecule has 2 aromatic carbocycles. The van der Waals surface area contributed by atoms with E-state index in [1.54, 1.807) is 0 Å². The normalized spacial score (nSPS) is 12.5. The minimum absolute atomic E-state index is 0.0485. The van der Waals surface area contributed by atoms with Crippen molar-refractivity contribution in [3.05, 3.63) is 66.5 Å². The molecule has 6 heteroatoms. The largest absolute Gasteiger partial charge is 0.481 e. The zero-order valence-electron chi connectivity index (χ0n) is 22.6. The van der Waals surface area contributed by atoms with Crippen LogP contribution in [0.25, 0.3) is 11.1 Å². The lowest BCUT2D eigenvalue weighted by Gasteiger charge is -2.19. The van der Waals surface area contributed by atoms with E-state index >= 15 is 0 Å². The number of benzene rings is 2. The van der Waals surface area contributed by atoms with E-state index in [4.69, 9.17) is 5.11 Å². The van der Waals surface area contributed by atoms with Crippen molar-refractivity contribution in [1.82, 2.24) is 9.78 Å². The topological polar surface area (TPSA) is 55.1 Å². The second kappa shape index (κ2) is 14.8. The fourth-order valence-corrected chi connectivity index (χ4v) is 7.47. The molecule has 3 rings (SSSR count). The molecule has 0 spiro atoms. The molecule has 1 atom stereocenters. The van der Waals surface area contributed by atoms with Gasteiger partial charge in [0, 0.05) is 24.8 Å². The van der Waals surface area contributed by atoms with E-state index in [1.165, 1.54) is 65.8 Å². The molecule has 1 unspecified atom stereocenters. The Morgan fingerprint density at radius 2 is 1.54 bits per heavy atom. The highest BCUT2D eigenvalue weighted by atomic mass is 79.9. The number of carboxylic acids is 1. The van der Waals surface area contributed by atoms with Crippen molar-refractivity contribution >= 4 is 38.7 Å². The summed E-state index contributed by atoms with van der Waals surface area (Å²) in [6, 6.07) is 17.7. The molecule has 1 N–H and O–H groups in total. The molecule has 37 heavy (non-hydrogen) atoms. The first-order chi connectivity index (χ1) is 17.8. The molecule has 1 aromatic heterocycles. The Morgan fingerprint density at radius 3 is 2.14 bits per heavy atom. The van der Waals surface area contributed by atoms with Gasteiger partial charge in [-0.1, -0.05) is 93.5 Å². The number of rotatable bonds is 15. The Labute approximate surface area is 232 Å². The Balaban J connectivity index is 1.58. The van der Waals surface area contributed by atoms with Crippen LogP contribution in [0.1, 0.15) is 90.5 Å². The van der Waals surface area contributed by atoms with E-state index < -0.39 is 12.6 Å². The first-order valence-corrected chi connectivity index (χ1v) is 17.0. The minimum Gasteiger partial charge on any atom is -0.481 e. The molecule has 0 aliphatic rings. The standard InChI is InChI=1S/C31H42BrN2O2P/c1-31(2,3)34-24-26(23-33-34)28-22-25(20-21-29(28)37(32)27-17-13-11-14-18-27)16-12-9-7-5-4-6-8-10-15-19-30(35)36/h11,13-14,17-18,20-24H,4-10,12,15-16,19H2,1-3H3,(H,35,36). The van der Waals surface area contributed by atoms with Crippen molar-refractivity contribution < 1.29 is 9.90 Å². The molecule has 4 nitrogen and oxygen atoms in total. The lowest BCUT2D eigenvalue weighted by atomic mass is 10.0. The molecular weight excluding hydrogens is 543 g/mol. The lowest BCUT2D eigenvalue weighted by Crippen LogP contribution is -2.21. The van der Waals surface area contributed by atoms with Crippen LogP contribution in [0, 0.1) is 0 Å². The quantitative estimate of drug-likeness (QED) is 0.144. The van der Waals surface area contributed by atoms with Crippen LogP contribution in [0.3, 0.4) is 0 Å². The number of aromatic nitrogens is 2. The fraction of sp³-hybridized carbons (Fsp3) is 0.484. The van der Waals surface area contributed by atoms with Gasteiger partial charge in [0.05, 0.1) is 11.7 Å². The molecule has 0 amide bonds. The molecule has 0 fully saturated rings. The van der Waals surface area contributed by atoms with Gasteiger partial charge in [-0.3, -0.25) is 9.48 Å². The van der Waals surface area contributed by atoms with Gasteiger partial charge in [-0.2, -0.15) is 5.10 Å². The maximum absolute atomic E-state index is 10.6. The van der Waals surface area contributed by atoms with Crippen LogP contribution in [-0.2, 0) is 16.8 Å². The minimum atomic E-state index is -0.675. The van der Waals surface area contributed by atoms with Crippen LogP contribution < -0.4 is 10.6 Å². The summed E-state index contributed by atoms with van der Waals surface area (Å²) < 4.78 is 2.06. The van der Waals surface area contributed by atoms with Gasteiger partial charge in [0.15, 0.2) is 0 Å². The lowest BCUT2D eigenvalue weighted by molar-refractivity contribution is -0.137. The molecule has 0 radical (unpaired) electrons. The van der Waals surface area contributed by atoms with Crippen molar-refractivity contribution in [1.29, 1.82) is 0 Å². The molecule has 0 aliphatic carbocycles. The van der Waals surface area contributed by atoms with E-state index in [2.05, 4.69) is 101 Å². The number of aliphatic carboxylic acids is 1. The average molecular weight is 586 g/mol. The van der Waals surface area contributed by atoms with Crippen LogP contribution >= 0.6 is 22.1 Å². The Hall–Kier alpha value is -1.97. The van der Waals surface area contributed by atoms with Crippen molar-refractivity contribution in [3.8, 4) is 11.1 Å². The summed E-state index contributed by atoms with van der Waals surface area (Å²) in [5, 5.41) is 16.0. The molecule has 3 aromatic rings. The van der Waals surface area contributed by atoms with Crippen molar-refractivity contribution in [2.75, 3.05) is 0 Å². The van der Waals surface area contributed by atoms with E-state index in [0.29, 0.717) is 6.42 Å². The third-order valence-electron chi connectivity index (χ3n) is 6.69. The molecule has 200 valence electrons. The van der Waals surface area contributed by atoms with Crippen LogP contribution in [0.2, 0.25) is 0 Å². The van der Waals surface area contributed by atoms with E-state index in [9.17, 15) is 4.79 Å². The Bertz CT molecular complexity index is 1110. The monoisotopic (exact) mass is 584 g/mol. The molecule has 0 aliphatic heterocycles. The van der Waals surface area contributed by atoms with Gasteiger partial charge in [0.2, 0.25) is 0 Å². The molecule has 1 heterocycles. The number of carboxylic acid groups (broad SMARTS) is 1. The maximum Gasteiger partial charge on any atom is 0.303 e. The number of aryl methyl sites for hydroxylation is 1. The predicted octanol–water partition coefficient (Wildman–Crippen LogP) is 8.58. The van der Waals surface area contributed by atoms with Crippen LogP contribution in [-0.4, -0.2) is 20.9 Å². The highest BCUT2D eigenvalue weighted by Gasteiger charge is 2.19. The van der Waals surface area contributed by atoms with Gasteiger partial charge in [-0.05, 0) is 77.3 Å². The highest BCUT2D eigenvalue weighted by molar-refractivity contribution is 9.40. The van der Waals surface area contributed by atoms with Crippen LogP contribution in [0.4, 0.5) is 0 Å². The first kappa shape index (κ1) is 29.6. The second-order valence-corrected chi connectivity index (χ2v) is 14.6. The zero-order valence-corrected chi connectivity index (χ0v) is 25.1. The summed E-state index contributed by atoms with van der Waals surface area (Å²) in [5.74, 6) is -0.675. The number of halogens is 1. The maximum atomic E-state index is 10.6. The number of nitrogens with zero attached hydrogens (tertiary/aromatic N) is 2. The van der Waals surface area contributed by atoms with Gasteiger partial charge in [0.1, 0.15) is 0 Å². The van der Waals surface area contributed by atoms with Crippen molar-refractivity contribution in [3.63, 3.8) is 0 Å². The number of unbranched alkanes of at least 4 members (excludes halogenated alkanes) is 8. The highest BCUT2D eigenvalue weighted by Crippen LogP contribution is 2.45. The zero-order chi connectivity index (χ0) is 26.7. The summed E-state index contributed by atoms with van der Waals surface area (Å²) in [6.07, 6.45) is 16.1. The van der Waals surface area contributed by atoms with Gasteiger partial charge in [-0.15, -0.1) is 0 Å². The third-order valence-corrected chi connectivity index (χ3v) is 10.6. The van der Waals surface area contributed by atoms with Crippen molar-refractivity contribution in [2.45, 2.75) is 96.9 Å². The summed E-state index contributed by atoms with van der Waals surface area (Å²) in [5.41, 5.74) is 3.80. The number of carbonyl (C=O) groups is 1. The van der Waals surface area contributed by atoms with Gasteiger partial charge < -0.3 is 5.11 Å². The second-order valence-electron chi connectivity index (χ2n) is 10.9. The SMILES string of the molecule is CC(C)(C)n1cc(-c2cc(CCCCCCCCCCCC(=O)O)ccc2P(Br)c2ccccc2)cn1. The number of hydrogen-bond donors (Lipinski definition) is 1.